The van der Waals surface area contributed by atoms with E-state index in [0.29, 0.717) is 10.6 Å². The Morgan fingerprint density at radius 3 is 2.33 bits per heavy atom. The highest BCUT2D eigenvalue weighted by Gasteiger charge is 2.11. The van der Waals surface area contributed by atoms with Gasteiger partial charge in [0.25, 0.3) is 5.91 Å². The van der Waals surface area contributed by atoms with Gasteiger partial charge in [-0.3, -0.25) is 4.79 Å². The summed E-state index contributed by atoms with van der Waals surface area (Å²) in [5, 5.41) is 5.26. The minimum absolute atomic E-state index is 0.148. The average Bonchev–Trinajstić information content (AvgIpc) is 2.49. The Balaban J connectivity index is 1.98. The zero-order valence-electron chi connectivity index (χ0n) is 10.9. The molecule has 1 N–H and O–H groups in total. The van der Waals surface area contributed by atoms with Crippen LogP contribution in [-0.2, 0) is 0 Å². The van der Waals surface area contributed by atoms with Crippen LogP contribution in [0, 0.1) is 0 Å². The number of amides is 1. The number of hydrogen-bond donors (Lipinski definition) is 1. The van der Waals surface area contributed by atoms with Gasteiger partial charge in [0.1, 0.15) is 0 Å². The summed E-state index contributed by atoms with van der Waals surface area (Å²) in [4.78, 5) is 12.5. The second kappa shape index (κ2) is 5.88. The average molecular weight is 361 g/mol. The van der Waals surface area contributed by atoms with Crippen LogP contribution in [0.15, 0.2) is 65.1 Å². The molecule has 0 saturated heterocycles. The van der Waals surface area contributed by atoms with Gasteiger partial charge in [0, 0.05) is 26.1 Å². The van der Waals surface area contributed by atoms with Crippen molar-refractivity contribution in [1.82, 2.24) is 0 Å². The molecule has 3 aromatic carbocycles. The normalized spacial score (nSPS) is 10.6. The van der Waals surface area contributed by atoms with Crippen LogP contribution in [0.25, 0.3) is 10.8 Å². The summed E-state index contributed by atoms with van der Waals surface area (Å²) < 4.78 is 0.970. The number of anilines is 1. The van der Waals surface area contributed by atoms with Gasteiger partial charge < -0.3 is 5.32 Å². The fraction of sp³-hybridized carbons (Fsp3) is 0. The van der Waals surface area contributed by atoms with Crippen molar-refractivity contribution in [2.75, 3.05) is 5.32 Å². The van der Waals surface area contributed by atoms with Crippen molar-refractivity contribution in [2.45, 2.75) is 0 Å². The van der Waals surface area contributed by atoms with Crippen molar-refractivity contribution < 1.29 is 4.79 Å². The Bertz CT molecular complexity index is 815. The maximum atomic E-state index is 12.5. The van der Waals surface area contributed by atoms with Crippen LogP contribution < -0.4 is 5.32 Å². The maximum absolute atomic E-state index is 12.5. The Morgan fingerprint density at radius 2 is 1.57 bits per heavy atom. The molecule has 0 radical (unpaired) electrons. The largest absolute Gasteiger partial charge is 0.322 e. The third kappa shape index (κ3) is 2.94. The van der Waals surface area contributed by atoms with Crippen molar-refractivity contribution in [3.63, 3.8) is 0 Å². The second-order valence-corrected chi connectivity index (χ2v) is 5.92. The number of rotatable bonds is 2. The molecule has 0 fully saturated rings. The fourth-order valence-electron chi connectivity index (χ4n) is 2.20. The van der Waals surface area contributed by atoms with E-state index in [1.165, 1.54) is 0 Å². The summed E-state index contributed by atoms with van der Waals surface area (Å²) in [5.41, 5.74) is 1.36. The number of halogens is 2. The molecular weight excluding hydrogens is 350 g/mol. The SMILES string of the molecule is O=C(Nc1ccc(Br)cc1)c1cccc2c(Cl)cccc12. The minimum atomic E-state index is -0.148. The summed E-state index contributed by atoms with van der Waals surface area (Å²) in [5.74, 6) is -0.148. The zero-order chi connectivity index (χ0) is 14.8. The van der Waals surface area contributed by atoms with Gasteiger partial charge in [0.05, 0.1) is 0 Å². The topological polar surface area (TPSA) is 29.1 Å². The molecule has 0 heterocycles. The molecule has 3 rings (SSSR count). The van der Waals surface area contributed by atoms with E-state index in [4.69, 9.17) is 11.6 Å². The van der Waals surface area contributed by atoms with Crippen LogP contribution in [0.1, 0.15) is 10.4 Å². The quantitative estimate of drug-likeness (QED) is 0.641. The molecule has 2 nitrogen and oxygen atoms in total. The number of hydrogen-bond acceptors (Lipinski definition) is 1. The molecule has 0 spiro atoms. The molecule has 104 valence electrons. The fourth-order valence-corrected chi connectivity index (χ4v) is 2.70. The standard InChI is InChI=1S/C17H11BrClNO/c18-11-7-9-12(10-8-11)20-17(21)15-5-1-4-14-13(15)3-2-6-16(14)19/h1-10H,(H,20,21). The lowest BCUT2D eigenvalue weighted by Gasteiger charge is -2.09. The first-order valence-electron chi connectivity index (χ1n) is 6.39. The van der Waals surface area contributed by atoms with Crippen LogP contribution in [0.2, 0.25) is 5.02 Å². The van der Waals surface area contributed by atoms with Gasteiger partial charge in [-0.15, -0.1) is 0 Å². The Morgan fingerprint density at radius 1 is 0.905 bits per heavy atom. The first-order valence-corrected chi connectivity index (χ1v) is 7.56. The van der Waals surface area contributed by atoms with E-state index in [2.05, 4.69) is 21.2 Å². The van der Waals surface area contributed by atoms with Gasteiger partial charge in [-0.25, -0.2) is 0 Å². The van der Waals surface area contributed by atoms with E-state index in [1.54, 1.807) is 6.07 Å². The summed E-state index contributed by atoms with van der Waals surface area (Å²) in [6, 6.07) is 18.6. The molecule has 0 aliphatic heterocycles. The molecule has 21 heavy (non-hydrogen) atoms. The van der Waals surface area contributed by atoms with E-state index in [-0.39, 0.29) is 5.91 Å². The monoisotopic (exact) mass is 359 g/mol. The maximum Gasteiger partial charge on any atom is 0.256 e. The molecule has 0 aromatic heterocycles. The smallest absolute Gasteiger partial charge is 0.256 e. The van der Waals surface area contributed by atoms with Crippen LogP contribution in [0.4, 0.5) is 5.69 Å². The molecule has 0 aliphatic rings. The summed E-state index contributed by atoms with van der Waals surface area (Å²) in [6.07, 6.45) is 0. The molecule has 3 aromatic rings. The van der Waals surface area contributed by atoms with E-state index in [1.807, 2.05) is 54.6 Å². The van der Waals surface area contributed by atoms with E-state index in [0.717, 1.165) is 20.9 Å². The lowest BCUT2D eigenvalue weighted by molar-refractivity contribution is 0.102. The van der Waals surface area contributed by atoms with Gasteiger partial charge in [-0.2, -0.15) is 0 Å². The van der Waals surface area contributed by atoms with Crippen LogP contribution >= 0.6 is 27.5 Å². The van der Waals surface area contributed by atoms with Gasteiger partial charge in [0.15, 0.2) is 0 Å². The van der Waals surface area contributed by atoms with Crippen molar-refractivity contribution in [1.29, 1.82) is 0 Å². The molecular formula is C17H11BrClNO. The van der Waals surface area contributed by atoms with Crippen LogP contribution in [0.3, 0.4) is 0 Å². The molecule has 0 bridgehead atoms. The molecule has 0 atom stereocenters. The minimum Gasteiger partial charge on any atom is -0.322 e. The molecule has 1 amide bonds. The van der Waals surface area contributed by atoms with Crippen LogP contribution in [0.5, 0.6) is 0 Å². The molecule has 0 aliphatic carbocycles. The number of benzene rings is 3. The Kier molecular flexibility index (Phi) is 3.95. The zero-order valence-corrected chi connectivity index (χ0v) is 13.3. The molecule has 0 saturated carbocycles. The third-order valence-electron chi connectivity index (χ3n) is 3.22. The molecule has 4 heteroatoms. The number of nitrogens with one attached hydrogen (secondary N) is 1. The van der Waals surface area contributed by atoms with E-state index >= 15 is 0 Å². The lowest BCUT2D eigenvalue weighted by Crippen LogP contribution is -2.12. The van der Waals surface area contributed by atoms with Crippen molar-refractivity contribution in [2.24, 2.45) is 0 Å². The predicted octanol–water partition coefficient (Wildman–Crippen LogP) is 5.51. The van der Waals surface area contributed by atoms with Crippen molar-refractivity contribution in [3.05, 3.63) is 75.7 Å². The molecule has 0 unspecified atom stereocenters. The Labute approximate surface area is 135 Å². The second-order valence-electron chi connectivity index (χ2n) is 4.60. The lowest BCUT2D eigenvalue weighted by atomic mass is 10.0. The number of carbonyl (C=O) groups is 1. The third-order valence-corrected chi connectivity index (χ3v) is 4.07. The van der Waals surface area contributed by atoms with Crippen LogP contribution in [-0.4, -0.2) is 5.91 Å². The highest BCUT2D eigenvalue weighted by Crippen LogP contribution is 2.26. The predicted molar refractivity (Wildman–Crippen MR) is 91.1 cm³/mol. The summed E-state index contributed by atoms with van der Waals surface area (Å²) in [7, 11) is 0. The van der Waals surface area contributed by atoms with Crippen molar-refractivity contribution in [3.8, 4) is 0 Å². The summed E-state index contributed by atoms with van der Waals surface area (Å²) >= 11 is 9.54. The highest BCUT2D eigenvalue weighted by atomic mass is 79.9. The van der Waals surface area contributed by atoms with Gasteiger partial charge in [-0.05, 0) is 41.8 Å². The van der Waals surface area contributed by atoms with E-state index < -0.39 is 0 Å². The Hall–Kier alpha value is -1.84. The van der Waals surface area contributed by atoms with Crippen molar-refractivity contribution >= 4 is 49.9 Å². The first kappa shape index (κ1) is 14.1. The van der Waals surface area contributed by atoms with Gasteiger partial charge in [-0.1, -0.05) is 51.8 Å². The highest BCUT2D eigenvalue weighted by molar-refractivity contribution is 9.10. The summed E-state index contributed by atoms with van der Waals surface area (Å²) in [6.45, 7) is 0. The number of carbonyl (C=O) groups excluding carboxylic acids is 1. The first-order chi connectivity index (χ1) is 10.1. The van der Waals surface area contributed by atoms with Gasteiger partial charge >= 0.3 is 0 Å². The van der Waals surface area contributed by atoms with E-state index in [9.17, 15) is 4.79 Å². The van der Waals surface area contributed by atoms with Gasteiger partial charge in [0.2, 0.25) is 0 Å². The number of fused-ring (bicyclic) bond motifs is 1.